The monoisotopic (exact) mass is 367 g/mol. The highest BCUT2D eigenvalue weighted by Gasteiger charge is 2.15. The summed E-state index contributed by atoms with van der Waals surface area (Å²) in [6.45, 7) is 1.99. The highest BCUT2D eigenvalue weighted by molar-refractivity contribution is 7.98. The Morgan fingerprint density at radius 3 is 2.52 bits per heavy atom. The van der Waals surface area contributed by atoms with E-state index in [0.29, 0.717) is 5.75 Å². The molecule has 2 aromatic carbocycles. The lowest BCUT2D eigenvalue weighted by atomic mass is 10.1. The lowest BCUT2D eigenvalue weighted by molar-refractivity contribution is 0.627. The Morgan fingerprint density at radius 2 is 1.76 bits per heavy atom. The summed E-state index contributed by atoms with van der Waals surface area (Å²) in [6, 6.07) is 16.6. The molecule has 124 valence electrons. The maximum atomic E-state index is 13.0. The van der Waals surface area contributed by atoms with Gasteiger partial charge in [0, 0.05) is 11.3 Å². The highest BCUT2D eigenvalue weighted by atomic mass is 32.2. The number of thiazole rings is 1. The van der Waals surface area contributed by atoms with E-state index < -0.39 is 0 Å². The summed E-state index contributed by atoms with van der Waals surface area (Å²) in [7, 11) is 0. The first-order valence-corrected chi connectivity index (χ1v) is 9.57. The zero-order chi connectivity index (χ0) is 17.2. The van der Waals surface area contributed by atoms with Gasteiger partial charge in [-0.2, -0.15) is 0 Å². The SMILES string of the molecule is Cc1nc2c(SCc3ccc(F)cc3)nnc(-c3ccccc3)c2s1. The maximum absolute atomic E-state index is 13.0. The molecule has 0 aliphatic heterocycles. The van der Waals surface area contributed by atoms with Crippen molar-refractivity contribution in [2.24, 2.45) is 0 Å². The van der Waals surface area contributed by atoms with E-state index in [1.54, 1.807) is 35.2 Å². The third kappa shape index (κ3) is 3.41. The van der Waals surface area contributed by atoms with Crippen LogP contribution >= 0.6 is 23.1 Å². The first-order valence-electron chi connectivity index (χ1n) is 7.77. The van der Waals surface area contributed by atoms with Gasteiger partial charge in [0.1, 0.15) is 22.1 Å². The molecule has 0 unspecified atom stereocenters. The molecule has 0 N–H and O–H groups in total. The van der Waals surface area contributed by atoms with Crippen molar-refractivity contribution in [3.8, 4) is 11.3 Å². The van der Waals surface area contributed by atoms with Gasteiger partial charge in [0.25, 0.3) is 0 Å². The first-order chi connectivity index (χ1) is 12.2. The molecule has 0 aliphatic rings. The molecule has 4 rings (SSSR count). The number of hydrogen-bond acceptors (Lipinski definition) is 5. The van der Waals surface area contributed by atoms with Gasteiger partial charge < -0.3 is 0 Å². The minimum absolute atomic E-state index is 0.224. The van der Waals surface area contributed by atoms with Crippen molar-refractivity contribution in [1.82, 2.24) is 15.2 Å². The van der Waals surface area contributed by atoms with E-state index in [2.05, 4.69) is 15.2 Å². The van der Waals surface area contributed by atoms with Crippen LogP contribution in [0.1, 0.15) is 10.6 Å². The predicted octanol–water partition coefficient (Wildman–Crippen LogP) is 5.49. The van der Waals surface area contributed by atoms with E-state index in [9.17, 15) is 4.39 Å². The normalized spacial score (nSPS) is 11.1. The Morgan fingerprint density at radius 1 is 1.00 bits per heavy atom. The van der Waals surface area contributed by atoms with Crippen LogP contribution in [0.25, 0.3) is 21.5 Å². The van der Waals surface area contributed by atoms with Crippen LogP contribution in [0.2, 0.25) is 0 Å². The van der Waals surface area contributed by atoms with Crippen LogP contribution in [-0.4, -0.2) is 15.2 Å². The third-order valence-corrected chi connectivity index (χ3v) is 5.73. The van der Waals surface area contributed by atoms with Crippen LogP contribution < -0.4 is 0 Å². The molecule has 0 radical (unpaired) electrons. The van der Waals surface area contributed by atoms with Crippen molar-refractivity contribution in [3.05, 3.63) is 71.0 Å². The topological polar surface area (TPSA) is 38.7 Å². The molecule has 6 heteroatoms. The summed E-state index contributed by atoms with van der Waals surface area (Å²) in [5.74, 6) is 0.476. The minimum atomic E-state index is -0.224. The molecule has 25 heavy (non-hydrogen) atoms. The average molecular weight is 367 g/mol. The van der Waals surface area contributed by atoms with Gasteiger partial charge in [0.05, 0.1) is 9.71 Å². The maximum Gasteiger partial charge on any atom is 0.146 e. The van der Waals surface area contributed by atoms with E-state index in [4.69, 9.17) is 0 Å². The Labute approximate surface area is 153 Å². The van der Waals surface area contributed by atoms with E-state index in [0.717, 1.165) is 37.1 Å². The van der Waals surface area contributed by atoms with Crippen molar-refractivity contribution in [1.29, 1.82) is 0 Å². The fourth-order valence-corrected chi connectivity index (χ4v) is 4.41. The van der Waals surface area contributed by atoms with Gasteiger partial charge in [-0.05, 0) is 24.6 Å². The zero-order valence-electron chi connectivity index (χ0n) is 13.4. The standard InChI is InChI=1S/C19H14FN3S2/c1-12-21-17-18(25-12)16(14-5-3-2-4-6-14)22-23-19(17)24-11-13-7-9-15(20)10-8-13/h2-10H,11H2,1H3. The Kier molecular flexibility index (Phi) is 4.46. The number of thioether (sulfide) groups is 1. The van der Waals surface area contributed by atoms with Crippen LogP contribution in [-0.2, 0) is 5.75 Å². The first kappa shape index (κ1) is 16.2. The summed E-state index contributed by atoms with van der Waals surface area (Å²) >= 11 is 3.21. The molecule has 2 heterocycles. The van der Waals surface area contributed by atoms with Crippen molar-refractivity contribution in [2.75, 3.05) is 0 Å². The van der Waals surface area contributed by atoms with Gasteiger partial charge in [-0.1, -0.05) is 54.2 Å². The summed E-state index contributed by atoms with van der Waals surface area (Å²) in [6.07, 6.45) is 0. The number of fused-ring (bicyclic) bond motifs is 1. The fourth-order valence-electron chi connectivity index (χ4n) is 2.54. The molecule has 0 aliphatic carbocycles. The van der Waals surface area contributed by atoms with Crippen LogP contribution in [0, 0.1) is 12.7 Å². The van der Waals surface area contributed by atoms with Crippen molar-refractivity contribution in [2.45, 2.75) is 17.7 Å². The molecule has 0 saturated carbocycles. The molecule has 0 atom stereocenters. The van der Waals surface area contributed by atoms with Crippen LogP contribution in [0.15, 0.2) is 59.6 Å². The number of rotatable bonds is 4. The molecular formula is C19H14FN3S2. The smallest absolute Gasteiger partial charge is 0.146 e. The summed E-state index contributed by atoms with van der Waals surface area (Å²) in [4.78, 5) is 4.66. The zero-order valence-corrected chi connectivity index (χ0v) is 15.1. The Balaban J connectivity index is 1.70. The van der Waals surface area contributed by atoms with Crippen molar-refractivity contribution >= 4 is 33.3 Å². The van der Waals surface area contributed by atoms with Crippen LogP contribution in [0.4, 0.5) is 4.39 Å². The molecule has 0 bridgehead atoms. The van der Waals surface area contributed by atoms with Gasteiger partial charge in [-0.15, -0.1) is 21.5 Å². The van der Waals surface area contributed by atoms with Gasteiger partial charge in [-0.3, -0.25) is 0 Å². The lowest BCUT2D eigenvalue weighted by Crippen LogP contribution is -1.93. The number of hydrogen-bond donors (Lipinski definition) is 0. The summed E-state index contributed by atoms with van der Waals surface area (Å²) in [5, 5.41) is 10.7. The van der Waals surface area contributed by atoms with Crippen molar-refractivity contribution in [3.63, 3.8) is 0 Å². The van der Waals surface area contributed by atoms with Gasteiger partial charge in [0.15, 0.2) is 0 Å². The molecule has 4 aromatic rings. The van der Waals surface area contributed by atoms with Crippen molar-refractivity contribution < 1.29 is 4.39 Å². The van der Waals surface area contributed by atoms with Gasteiger partial charge >= 0.3 is 0 Å². The molecule has 0 fully saturated rings. The highest BCUT2D eigenvalue weighted by Crippen LogP contribution is 2.36. The molecule has 3 nitrogen and oxygen atoms in total. The quantitative estimate of drug-likeness (QED) is 0.447. The number of nitrogens with zero attached hydrogens (tertiary/aromatic N) is 3. The van der Waals surface area contributed by atoms with E-state index >= 15 is 0 Å². The molecule has 2 aromatic heterocycles. The fraction of sp³-hybridized carbons (Fsp3) is 0.105. The molecule has 0 saturated heterocycles. The van der Waals surface area contributed by atoms with Gasteiger partial charge in [0.2, 0.25) is 0 Å². The van der Waals surface area contributed by atoms with E-state index in [-0.39, 0.29) is 5.82 Å². The third-order valence-electron chi connectivity index (χ3n) is 3.73. The Bertz CT molecular complexity index is 1010. The van der Waals surface area contributed by atoms with Gasteiger partial charge in [-0.25, -0.2) is 9.37 Å². The predicted molar refractivity (Wildman–Crippen MR) is 101 cm³/mol. The molecule has 0 amide bonds. The average Bonchev–Trinajstić information content (AvgIpc) is 3.03. The molecule has 0 spiro atoms. The number of halogens is 1. The second-order valence-electron chi connectivity index (χ2n) is 5.55. The van der Waals surface area contributed by atoms with Crippen LogP contribution in [0.5, 0.6) is 0 Å². The summed E-state index contributed by atoms with van der Waals surface area (Å²) in [5.41, 5.74) is 3.84. The summed E-state index contributed by atoms with van der Waals surface area (Å²) < 4.78 is 14.1. The van der Waals surface area contributed by atoms with E-state index in [1.165, 1.54) is 12.1 Å². The number of aryl methyl sites for hydroxylation is 1. The lowest BCUT2D eigenvalue weighted by Gasteiger charge is -2.05. The number of aromatic nitrogens is 3. The molecular weight excluding hydrogens is 353 g/mol. The minimum Gasteiger partial charge on any atom is -0.238 e. The second kappa shape index (κ2) is 6.90. The Hall–Kier alpha value is -2.31. The largest absolute Gasteiger partial charge is 0.238 e. The number of benzene rings is 2. The second-order valence-corrected chi connectivity index (χ2v) is 7.71. The van der Waals surface area contributed by atoms with E-state index in [1.807, 2.05) is 37.3 Å². The van der Waals surface area contributed by atoms with Crippen LogP contribution in [0.3, 0.4) is 0 Å².